The standard InChI is InChI=1S/C21H15BrN2OS/c22-16-13-11-15(12-14-16)19-20(25)24(18-9-5-2-6-10-18)21(26)23(19)17-7-3-1-4-8-17/h1-14,19H. The minimum atomic E-state index is -0.488. The molecule has 3 aromatic carbocycles. The third-order valence-electron chi connectivity index (χ3n) is 4.34. The Kier molecular flexibility index (Phi) is 4.57. The van der Waals surface area contributed by atoms with E-state index in [9.17, 15) is 4.79 Å². The predicted molar refractivity (Wildman–Crippen MR) is 112 cm³/mol. The van der Waals surface area contributed by atoms with Crippen molar-refractivity contribution < 1.29 is 4.79 Å². The van der Waals surface area contributed by atoms with Gasteiger partial charge in [-0.15, -0.1) is 0 Å². The molecule has 0 aliphatic carbocycles. The van der Waals surface area contributed by atoms with E-state index in [0.717, 1.165) is 21.4 Å². The van der Waals surface area contributed by atoms with Crippen LogP contribution in [0.25, 0.3) is 0 Å². The molecule has 0 spiro atoms. The summed E-state index contributed by atoms with van der Waals surface area (Å²) in [4.78, 5) is 16.9. The second-order valence-corrected chi connectivity index (χ2v) is 7.23. The Morgan fingerprint density at radius 2 is 1.31 bits per heavy atom. The van der Waals surface area contributed by atoms with Crippen LogP contribution >= 0.6 is 28.1 Å². The van der Waals surface area contributed by atoms with Crippen LogP contribution in [0.5, 0.6) is 0 Å². The maximum Gasteiger partial charge on any atom is 0.261 e. The summed E-state index contributed by atoms with van der Waals surface area (Å²) < 4.78 is 0.973. The fourth-order valence-corrected chi connectivity index (χ4v) is 3.82. The van der Waals surface area contributed by atoms with Crippen molar-refractivity contribution in [2.45, 2.75) is 6.04 Å². The van der Waals surface area contributed by atoms with Crippen LogP contribution in [0.1, 0.15) is 11.6 Å². The molecular formula is C21H15BrN2OS. The van der Waals surface area contributed by atoms with Crippen LogP contribution in [-0.4, -0.2) is 11.0 Å². The molecule has 1 fully saturated rings. The number of thiocarbonyl (C=S) groups is 1. The van der Waals surface area contributed by atoms with Crippen molar-refractivity contribution >= 4 is 50.5 Å². The smallest absolute Gasteiger partial charge is 0.261 e. The van der Waals surface area contributed by atoms with E-state index in [1.54, 1.807) is 4.90 Å². The molecule has 0 N–H and O–H groups in total. The maximum absolute atomic E-state index is 13.4. The van der Waals surface area contributed by atoms with E-state index in [1.807, 2.05) is 89.8 Å². The Hall–Kier alpha value is -2.50. The molecule has 1 saturated heterocycles. The number of nitrogens with zero attached hydrogens (tertiary/aromatic N) is 2. The fourth-order valence-electron chi connectivity index (χ4n) is 3.14. The number of amides is 1. The number of hydrogen-bond acceptors (Lipinski definition) is 2. The fraction of sp³-hybridized carbons (Fsp3) is 0.0476. The zero-order chi connectivity index (χ0) is 18.1. The van der Waals surface area contributed by atoms with Crippen LogP contribution in [0.2, 0.25) is 0 Å². The molecule has 0 radical (unpaired) electrons. The first-order chi connectivity index (χ1) is 12.7. The normalized spacial score (nSPS) is 17.0. The minimum absolute atomic E-state index is 0.0487. The van der Waals surface area contributed by atoms with Crippen LogP contribution in [0.4, 0.5) is 11.4 Å². The average molecular weight is 423 g/mol. The molecule has 0 aromatic heterocycles. The second-order valence-electron chi connectivity index (χ2n) is 5.95. The number of halogens is 1. The van der Waals surface area contributed by atoms with Crippen molar-refractivity contribution in [3.8, 4) is 0 Å². The highest BCUT2D eigenvalue weighted by atomic mass is 79.9. The van der Waals surface area contributed by atoms with Gasteiger partial charge in [-0.05, 0) is 54.2 Å². The molecule has 1 heterocycles. The van der Waals surface area contributed by atoms with Crippen LogP contribution in [-0.2, 0) is 4.79 Å². The molecule has 1 amide bonds. The average Bonchev–Trinajstić information content (AvgIpc) is 2.94. The maximum atomic E-state index is 13.4. The molecule has 3 aromatic rings. The topological polar surface area (TPSA) is 23.6 Å². The van der Waals surface area contributed by atoms with Gasteiger partial charge in [0, 0.05) is 10.2 Å². The third-order valence-corrected chi connectivity index (χ3v) is 5.25. The van der Waals surface area contributed by atoms with Gasteiger partial charge in [0.05, 0.1) is 5.69 Å². The summed E-state index contributed by atoms with van der Waals surface area (Å²) in [6, 6.07) is 26.7. The van der Waals surface area contributed by atoms with E-state index < -0.39 is 6.04 Å². The van der Waals surface area contributed by atoms with Gasteiger partial charge in [0.15, 0.2) is 5.11 Å². The Labute approximate surface area is 166 Å². The monoisotopic (exact) mass is 422 g/mol. The van der Waals surface area contributed by atoms with Gasteiger partial charge in [-0.3, -0.25) is 9.69 Å². The van der Waals surface area contributed by atoms with Crippen molar-refractivity contribution in [1.82, 2.24) is 0 Å². The summed E-state index contributed by atoms with van der Waals surface area (Å²) in [5, 5.41) is 0.486. The third kappa shape index (κ3) is 2.93. The summed E-state index contributed by atoms with van der Waals surface area (Å²) in [5.74, 6) is -0.0487. The van der Waals surface area contributed by atoms with Crippen molar-refractivity contribution in [3.63, 3.8) is 0 Å². The molecule has 1 atom stereocenters. The molecule has 5 heteroatoms. The SMILES string of the molecule is O=C1C(c2ccc(Br)cc2)N(c2ccccc2)C(=S)N1c1ccccc1. The van der Waals surface area contributed by atoms with Crippen molar-refractivity contribution in [2.75, 3.05) is 9.80 Å². The van der Waals surface area contributed by atoms with Crippen LogP contribution in [0.15, 0.2) is 89.4 Å². The number of carbonyl (C=O) groups excluding carboxylic acids is 1. The number of benzene rings is 3. The van der Waals surface area contributed by atoms with E-state index in [0.29, 0.717) is 5.11 Å². The van der Waals surface area contributed by atoms with Gasteiger partial charge < -0.3 is 4.90 Å². The number of rotatable bonds is 3. The lowest BCUT2D eigenvalue weighted by Crippen LogP contribution is -2.32. The van der Waals surface area contributed by atoms with E-state index in [-0.39, 0.29) is 5.91 Å². The Morgan fingerprint density at radius 3 is 1.88 bits per heavy atom. The predicted octanol–water partition coefficient (Wildman–Crippen LogP) is 5.33. The zero-order valence-electron chi connectivity index (χ0n) is 13.7. The number of hydrogen-bond donors (Lipinski definition) is 0. The first-order valence-corrected chi connectivity index (χ1v) is 9.39. The summed E-state index contributed by atoms with van der Waals surface area (Å²) in [6.07, 6.45) is 0. The summed E-state index contributed by atoms with van der Waals surface area (Å²) in [7, 11) is 0. The number of anilines is 2. The van der Waals surface area contributed by atoms with E-state index in [1.165, 1.54) is 0 Å². The van der Waals surface area contributed by atoms with Crippen LogP contribution in [0, 0.1) is 0 Å². The zero-order valence-corrected chi connectivity index (χ0v) is 16.2. The second kappa shape index (κ2) is 7.02. The van der Waals surface area contributed by atoms with E-state index in [4.69, 9.17) is 12.2 Å². The molecule has 1 aliphatic heterocycles. The molecule has 3 nitrogen and oxygen atoms in total. The Morgan fingerprint density at radius 1 is 0.769 bits per heavy atom. The first kappa shape index (κ1) is 16.9. The van der Waals surface area contributed by atoms with Gasteiger partial charge >= 0.3 is 0 Å². The van der Waals surface area contributed by atoms with Gasteiger partial charge in [0.25, 0.3) is 5.91 Å². The quantitative estimate of drug-likeness (QED) is 0.533. The van der Waals surface area contributed by atoms with E-state index in [2.05, 4.69) is 15.9 Å². The highest BCUT2D eigenvalue weighted by Crippen LogP contribution is 2.38. The van der Waals surface area contributed by atoms with Gasteiger partial charge in [0.1, 0.15) is 6.04 Å². The molecule has 0 bridgehead atoms. The summed E-state index contributed by atoms with van der Waals surface area (Å²) >= 11 is 9.18. The van der Waals surface area contributed by atoms with Gasteiger partial charge in [0.2, 0.25) is 0 Å². The van der Waals surface area contributed by atoms with E-state index >= 15 is 0 Å². The van der Waals surface area contributed by atoms with Crippen LogP contribution < -0.4 is 9.80 Å². The van der Waals surface area contributed by atoms with Crippen molar-refractivity contribution in [2.24, 2.45) is 0 Å². The van der Waals surface area contributed by atoms with Gasteiger partial charge in [-0.25, -0.2) is 0 Å². The molecule has 1 unspecified atom stereocenters. The largest absolute Gasteiger partial charge is 0.302 e. The lowest BCUT2D eigenvalue weighted by molar-refractivity contribution is -0.118. The lowest BCUT2D eigenvalue weighted by atomic mass is 10.1. The summed E-state index contributed by atoms with van der Waals surface area (Å²) in [5.41, 5.74) is 2.59. The molecule has 1 aliphatic rings. The minimum Gasteiger partial charge on any atom is -0.302 e. The summed E-state index contributed by atoms with van der Waals surface area (Å²) in [6.45, 7) is 0. The van der Waals surface area contributed by atoms with Crippen molar-refractivity contribution in [3.05, 3.63) is 95.0 Å². The molecule has 128 valence electrons. The highest BCUT2D eigenvalue weighted by Gasteiger charge is 2.44. The molecule has 0 saturated carbocycles. The van der Waals surface area contributed by atoms with Gasteiger partial charge in [-0.1, -0.05) is 64.5 Å². The highest BCUT2D eigenvalue weighted by molar-refractivity contribution is 9.10. The first-order valence-electron chi connectivity index (χ1n) is 8.19. The molecular weight excluding hydrogens is 408 g/mol. The number of carbonyl (C=O) groups is 1. The Balaban J connectivity index is 1.84. The van der Waals surface area contributed by atoms with Gasteiger partial charge in [-0.2, -0.15) is 0 Å². The van der Waals surface area contributed by atoms with Crippen molar-refractivity contribution in [1.29, 1.82) is 0 Å². The number of para-hydroxylation sites is 2. The molecule has 26 heavy (non-hydrogen) atoms. The Bertz CT molecular complexity index is 945. The molecule has 4 rings (SSSR count). The lowest BCUT2D eigenvalue weighted by Gasteiger charge is -2.24. The van der Waals surface area contributed by atoms with Crippen LogP contribution in [0.3, 0.4) is 0 Å².